The van der Waals surface area contributed by atoms with Crippen molar-refractivity contribution in [1.29, 1.82) is 0 Å². The number of amides is 1. The molecule has 4 rings (SSSR count). The summed E-state index contributed by atoms with van der Waals surface area (Å²) in [6, 6.07) is 8.06. The molecule has 9 nitrogen and oxygen atoms in total. The van der Waals surface area contributed by atoms with E-state index < -0.39 is 11.7 Å². The Hall–Kier alpha value is -3.66. The summed E-state index contributed by atoms with van der Waals surface area (Å²) < 4.78 is 23.8. The number of aromatic nitrogens is 6. The Morgan fingerprint density at radius 2 is 2.03 bits per heavy atom. The van der Waals surface area contributed by atoms with Gasteiger partial charge in [-0.15, -0.1) is 10.2 Å². The lowest BCUT2D eigenvalue weighted by molar-refractivity contribution is 0.0711. The zero-order valence-electron chi connectivity index (χ0n) is 19.0. The van der Waals surface area contributed by atoms with Gasteiger partial charge in [-0.2, -0.15) is 5.10 Å². The standard InChI is InChI=1S/C23H26FN7O2/c1-14(2)31-13-25-28-22(31)19-6-5-7-21(26-19)27-23(32)17-11-20-16(10-18(17)24)12-30(29-20)8-9-33-15(3)4/h5-7,10-15H,8-9H2,1-4H3,(H,26,27,32). The van der Waals surface area contributed by atoms with Crippen molar-refractivity contribution in [2.75, 3.05) is 11.9 Å². The lowest BCUT2D eigenvalue weighted by Crippen LogP contribution is -2.15. The zero-order chi connectivity index (χ0) is 23.5. The van der Waals surface area contributed by atoms with Gasteiger partial charge in [0.1, 0.15) is 23.7 Å². The van der Waals surface area contributed by atoms with Crippen molar-refractivity contribution < 1.29 is 13.9 Å². The molecule has 4 aromatic rings. The predicted octanol–water partition coefficient (Wildman–Crippen LogP) is 4.09. The molecule has 172 valence electrons. The van der Waals surface area contributed by atoms with Crippen molar-refractivity contribution in [2.45, 2.75) is 46.4 Å². The maximum absolute atomic E-state index is 14.7. The highest BCUT2D eigenvalue weighted by atomic mass is 19.1. The van der Waals surface area contributed by atoms with E-state index >= 15 is 0 Å². The number of pyridine rings is 1. The summed E-state index contributed by atoms with van der Waals surface area (Å²) in [7, 11) is 0. The van der Waals surface area contributed by atoms with Crippen molar-refractivity contribution in [3.8, 4) is 11.5 Å². The van der Waals surface area contributed by atoms with Crippen LogP contribution >= 0.6 is 0 Å². The number of hydrogen-bond acceptors (Lipinski definition) is 6. The number of nitrogens with one attached hydrogen (secondary N) is 1. The van der Waals surface area contributed by atoms with Gasteiger partial charge in [-0.1, -0.05) is 6.07 Å². The number of anilines is 1. The molecular weight excluding hydrogens is 425 g/mol. The topological polar surface area (TPSA) is 99.8 Å². The Morgan fingerprint density at radius 1 is 1.21 bits per heavy atom. The minimum absolute atomic E-state index is 0.108. The smallest absolute Gasteiger partial charge is 0.259 e. The normalized spacial score (nSPS) is 11.6. The van der Waals surface area contributed by atoms with Crippen LogP contribution in [0, 0.1) is 5.82 Å². The van der Waals surface area contributed by atoms with Crippen LogP contribution in [0.2, 0.25) is 0 Å². The molecule has 0 radical (unpaired) electrons. The van der Waals surface area contributed by atoms with E-state index in [0.717, 1.165) is 0 Å². The number of benzene rings is 1. The maximum atomic E-state index is 14.7. The Balaban J connectivity index is 1.54. The molecule has 0 saturated carbocycles. The molecule has 3 aromatic heterocycles. The lowest BCUT2D eigenvalue weighted by Gasteiger charge is -2.11. The number of halogens is 1. The van der Waals surface area contributed by atoms with Crippen LogP contribution in [0.3, 0.4) is 0 Å². The fourth-order valence-electron chi connectivity index (χ4n) is 3.38. The first-order valence-electron chi connectivity index (χ1n) is 10.8. The quantitative estimate of drug-likeness (QED) is 0.433. The summed E-state index contributed by atoms with van der Waals surface area (Å²) in [5.74, 6) is -0.372. The van der Waals surface area contributed by atoms with Gasteiger partial charge in [-0.05, 0) is 52.0 Å². The van der Waals surface area contributed by atoms with Crippen molar-refractivity contribution in [1.82, 2.24) is 29.5 Å². The Bertz CT molecular complexity index is 1280. The number of hydrogen-bond donors (Lipinski definition) is 1. The average Bonchev–Trinajstić information content (AvgIpc) is 3.39. The minimum Gasteiger partial charge on any atom is -0.377 e. The summed E-state index contributed by atoms with van der Waals surface area (Å²) in [4.78, 5) is 17.3. The largest absolute Gasteiger partial charge is 0.377 e. The molecule has 0 fully saturated rings. The molecular formula is C23H26FN7O2. The Morgan fingerprint density at radius 3 is 2.79 bits per heavy atom. The first-order chi connectivity index (χ1) is 15.8. The second-order valence-corrected chi connectivity index (χ2v) is 8.22. The maximum Gasteiger partial charge on any atom is 0.259 e. The van der Waals surface area contributed by atoms with Crippen LogP contribution in [0.4, 0.5) is 10.2 Å². The number of ether oxygens (including phenoxy) is 1. The highest BCUT2D eigenvalue weighted by Gasteiger charge is 2.17. The molecule has 0 spiro atoms. The molecule has 0 aliphatic heterocycles. The molecule has 0 saturated heterocycles. The third kappa shape index (κ3) is 5.06. The van der Waals surface area contributed by atoms with Crippen LogP contribution in [-0.2, 0) is 11.3 Å². The van der Waals surface area contributed by atoms with E-state index in [1.165, 1.54) is 12.1 Å². The summed E-state index contributed by atoms with van der Waals surface area (Å²) in [5, 5.41) is 15.8. The van der Waals surface area contributed by atoms with E-state index in [-0.39, 0.29) is 23.5 Å². The average molecular weight is 452 g/mol. The molecule has 1 aromatic carbocycles. The van der Waals surface area contributed by atoms with Gasteiger partial charge in [0.05, 0.1) is 30.3 Å². The van der Waals surface area contributed by atoms with Crippen LogP contribution in [0.5, 0.6) is 0 Å². The van der Waals surface area contributed by atoms with Crippen molar-refractivity contribution in [3.63, 3.8) is 0 Å². The molecule has 1 N–H and O–H groups in total. The zero-order valence-corrected chi connectivity index (χ0v) is 19.0. The molecule has 3 heterocycles. The van der Waals surface area contributed by atoms with E-state index in [2.05, 4.69) is 25.6 Å². The van der Waals surface area contributed by atoms with E-state index in [0.29, 0.717) is 35.6 Å². The first-order valence-corrected chi connectivity index (χ1v) is 10.8. The summed E-state index contributed by atoms with van der Waals surface area (Å²) in [5.41, 5.74) is 0.971. The van der Waals surface area contributed by atoms with Gasteiger partial charge < -0.3 is 14.6 Å². The van der Waals surface area contributed by atoms with Gasteiger partial charge in [-0.25, -0.2) is 9.37 Å². The third-order valence-electron chi connectivity index (χ3n) is 5.01. The monoisotopic (exact) mass is 451 g/mol. The molecule has 0 unspecified atom stereocenters. The van der Waals surface area contributed by atoms with Gasteiger partial charge in [0.25, 0.3) is 5.91 Å². The minimum atomic E-state index is -0.631. The van der Waals surface area contributed by atoms with Crippen LogP contribution in [0.1, 0.15) is 44.1 Å². The van der Waals surface area contributed by atoms with Gasteiger partial charge in [-0.3, -0.25) is 9.48 Å². The first kappa shape index (κ1) is 22.5. The van der Waals surface area contributed by atoms with Gasteiger partial charge >= 0.3 is 0 Å². The Labute approximate surface area is 190 Å². The van der Waals surface area contributed by atoms with Crippen LogP contribution < -0.4 is 5.32 Å². The third-order valence-corrected chi connectivity index (χ3v) is 5.01. The predicted molar refractivity (Wildman–Crippen MR) is 122 cm³/mol. The van der Waals surface area contributed by atoms with Gasteiger partial charge in [0, 0.05) is 17.6 Å². The number of nitrogens with zero attached hydrogens (tertiary/aromatic N) is 6. The highest BCUT2D eigenvalue weighted by Crippen LogP contribution is 2.22. The number of fused-ring (bicyclic) bond motifs is 1. The number of rotatable bonds is 8. The molecule has 0 aliphatic rings. The van der Waals surface area contributed by atoms with Crippen LogP contribution in [0.15, 0.2) is 42.9 Å². The van der Waals surface area contributed by atoms with E-state index in [1.807, 2.05) is 32.3 Å². The lowest BCUT2D eigenvalue weighted by atomic mass is 10.1. The molecule has 0 aliphatic carbocycles. The molecule has 0 atom stereocenters. The highest BCUT2D eigenvalue weighted by molar-refractivity contribution is 6.06. The fraction of sp³-hybridized carbons (Fsp3) is 0.348. The Kier molecular flexibility index (Phi) is 6.45. The number of carbonyl (C=O) groups is 1. The van der Waals surface area contributed by atoms with Gasteiger partial charge in [0.15, 0.2) is 5.82 Å². The SMILES string of the molecule is CC(C)OCCn1cc2cc(F)c(C(=O)Nc3cccc(-c4nncn4C(C)C)n3)cc2n1. The second-order valence-electron chi connectivity index (χ2n) is 8.22. The van der Waals surface area contributed by atoms with Crippen molar-refractivity contribution in [2.24, 2.45) is 0 Å². The molecule has 10 heteroatoms. The summed E-state index contributed by atoms with van der Waals surface area (Å²) >= 11 is 0. The molecule has 1 amide bonds. The summed E-state index contributed by atoms with van der Waals surface area (Å²) in [6.07, 6.45) is 3.49. The van der Waals surface area contributed by atoms with Crippen molar-refractivity contribution >= 4 is 22.6 Å². The van der Waals surface area contributed by atoms with E-state index in [4.69, 9.17) is 4.74 Å². The van der Waals surface area contributed by atoms with Crippen molar-refractivity contribution in [3.05, 3.63) is 54.2 Å². The number of carbonyl (C=O) groups excluding carboxylic acids is 1. The van der Waals surface area contributed by atoms with Crippen LogP contribution in [0.25, 0.3) is 22.4 Å². The second kappa shape index (κ2) is 9.45. The van der Waals surface area contributed by atoms with E-state index in [1.54, 1.807) is 35.4 Å². The van der Waals surface area contributed by atoms with Crippen LogP contribution in [-0.4, -0.2) is 48.1 Å². The molecule has 33 heavy (non-hydrogen) atoms. The summed E-state index contributed by atoms with van der Waals surface area (Å²) in [6.45, 7) is 8.97. The molecule has 0 bridgehead atoms. The van der Waals surface area contributed by atoms with Gasteiger partial charge in [0.2, 0.25) is 0 Å². The fourth-order valence-corrected chi connectivity index (χ4v) is 3.38. The van der Waals surface area contributed by atoms with E-state index in [9.17, 15) is 9.18 Å².